The van der Waals surface area contributed by atoms with E-state index in [9.17, 15) is 0 Å². The molecule has 5 aliphatic rings. The molecule has 5 aromatic rings. The molecule has 4 unspecified atom stereocenters. The van der Waals surface area contributed by atoms with E-state index in [1.165, 1.54) is 90.1 Å². The summed E-state index contributed by atoms with van der Waals surface area (Å²) in [6.45, 7) is 11.4. The number of benzene rings is 5. The van der Waals surface area contributed by atoms with Gasteiger partial charge in [0.2, 0.25) is 0 Å². The first kappa shape index (κ1) is 39.7. The van der Waals surface area contributed by atoms with Crippen LogP contribution in [0.2, 0.25) is 0 Å². The fourth-order valence-corrected chi connectivity index (χ4v) is 13.4. The molecule has 1 spiro atoms. The van der Waals surface area contributed by atoms with Gasteiger partial charge in [-0.3, -0.25) is 0 Å². The predicted octanol–water partition coefficient (Wildman–Crippen LogP) is 14.2. The van der Waals surface area contributed by atoms with Gasteiger partial charge < -0.3 is 18.9 Å². The van der Waals surface area contributed by atoms with Crippen molar-refractivity contribution >= 4 is 16.8 Å². The summed E-state index contributed by atoms with van der Waals surface area (Å²) in [7, 11) is 5.33. The van der Waals surface area contributed by atoms with Gasteiger partial charge in [-0.05, 0) is 144 Å². The van der Waals surface area contributed by atoms with Crippen LogP contribution in [0.3, 0.4) is 0 Å². The summed E-state index contributed by atoms with van der Waals surface area (Å²) >= 11 is 0. The van der Waals surface area contributed by atoms with Crippen LogP contribution >= 0.6 is 0 Å². The van der Waals surface area contributed by atoms with E-state index in [4.69, 9.17) is 18.9 Å². The Morgan fingerprint density at radius 1 is 0.712 bits per heavy atom. The lowest BCUT2D eigenvalue weighted by Gasteiger charge is -2.51. The molecule has 4 aliphatic carbocycles. The average Bonchev–Trinajstić information content (AvgIpc) is 3.56. The maximum Gasteiger partial charge on any atom is 0.178 e. The topological polar surface area (TPSA) is 36.9 Å². The Bertz CT molecular complexity index is 2300. The number of methoxy groups -OCH3 is 3. The molecule has 4 atom stereocenters. The van der Waals surface area contributed by atoms with Crippen molar-refractivity contribution in [2.75, 3.05) is 21.3 Å². The molecule has 2 bridgehead atoms. The van der Waals surface area contributed by atoms with E-state index in [1.54, 1.807) is 14.2 Å². The zero-order valence-electron chi connectivity index (χ0n) is 36.8. The zero-order chi connectivity index (χ0) is 41.1. The molecule has 4 nitrogen and oxygen atoms in total. The van der Waals surface area contributed by atoms with E-state index >= 15 is 0 Å². The van der Waals surface area contributed by atoms with Crippen LogP contribution in [0.5, 0.6) is 23.0 Å². The lowest BCUT2D eigenvalue weighted by molar-refractivity contribution is 0.0763. The lowest BCUT2D eigenvalue weighted by Crippen LogP contribution is -2.42. The highest BCUT2D eigenvalue weighted by Gasteiger charge is 2.53. The molecule has 0 N–H and O–H groups in total. The van der Waals surface area contributed by atoms with Crippen LogP contribution in [-0.4, -0.2) is 21.3 Å². The normalized spacial score (nSPS) is 27.1. The van der Waals surface area contributed by atoms with E-state index in [0.29, 0.717) is 17.8 Å². The predicted molar refractivity (Wildman–Crippen MR) is 243 cm³/mol. The minimum Gasteiger partial charge on any atom is -0.497 e. The van der Waals surface area contributed by atoms with E-state index < -0.39 is 5.60 Å². The highest BCUT2D eigenvalue weighted by atomic mass is 16.5. The Kier molecular flexibility index (Phi) is 10.4. The van der Waals surface area contributed by atoms with Gasteiger partial charge in [0.05, 0.1) is 21.3 Å². The van der Waals surface area contributed by atoms with Gasteiger partial charge in [0.25, 0.3) is 0 Å². The van der Waals surface area contributed by atoms with E-state index in [-0.39, 0.29) is 10.8 Å². The minimum absolute atomic E-state index is 0.0761. The first-order chi connectivity index (χ1) is 28.8. The van der Waals surface area contributed by atoms with Gasteiger partial charge in [-0.15, -0.1) is 0 Å². The fraction of sp³-hybridized carbons (Fsp3) is 0.455. The standard InChI is InChI=1S/C53H58O4.C2H6/c1-7-36-12-10-11-24-52(36)45-14-9-8-13-41(45)48-43-28-46(51-30-33(2)26-35(32-51)27-34(3)31-51)47(56-6)29-44(43)50-42(49(48)52)23-25-53(57-50,37-15-19-39(54-4)20-16-37)38-17-21-40(55-5)22-18-38;1-2/h8-9,13-23,25,28-29,33-36H,7,10-12,24,26-27,30-32H2,1-6H3;1-2H3. The summed E-state index contributed by atoms with van der Waals surface area (Å²) in [6.07, 6.45) is 17.2. The van der Waals surface area contributed by atoms with Gasteiger partial charge in [-0.1, -0.05) is 108 Å². The van der Waals surface area contributed by atoms with E-state index in [2.05, 4.69) is 93.6 Å². The SMILES string of the molecule is CC.CCC1CCCCC12c1ccccc1-c1c2c2c(c3cc(OC)c(C45CC(C)CC(CC(C)C4)C5)cc13)OC(c1ccc(OC)cc1)(c1ccc(OC)cc1)C=C2. The molecule has 4 heteroatoms. The van der Waals surface area contributed by atoms with Crippen molar-refractivity contribution in [3.8, 4) is 34.1 Å². The molecule has 0 radical (unpaired) electrons. The Balaban J connectivity index is 0.00000221. The molecule has 1 heterocycles. The third kappa shape index (κ3) is 6.05. The van der Waals surface area contributed by atoms with Crippen molar-refractivity contribution in [2.24, 2.45) is 23.7 Å². The molecule has 0 amide bonds. The minimum atomic E-state index is -0.891. The van der Waals surface area contributed by atoms with Gasteiger partial charge in [-0.2, -0.15) is 0 Å². The Labute approximate surface area is 353 Å². The number of ether oxygens (including phenoxy) is 4. The second-order valence-corrected chi connectivity index (χ2v) is 18.5. The van der Waals surface area contributed by atoms with Crippen molar-refractivity contribution < 1.29 is 18.9 Å². The maximum absolute atomic E-state index is 7.85. The summed E-state index contributed by atoms with van der Waals surface area (Å²) in [5.41, 5.74) is 9.74. The molecular formula is C55H64O4. The molecule has 3 fully saturated rings. The van der Waals surface area contributed by atoms with Gasteiger partial charge in [0.15, 0.2) is 5.60 Å². The Morgan fingerprint density at radius 2 is 1.36 bits per heavy atom. The highest BCUT2D eigenvalue weighted by Crippen LogP contribution is 2.65. The van der Waals surface area contributed by atoms with Crippen LogP contribution in [0, 0.1) is 23.7 Å². The molecule has 1 aliphatic heterocycles. The summed E-state index contributed by atoms with van der Waals surface area (Å²) in [5, 5.41) is 2.46. The van der Waals surface area contributed by atoms with E-state index in [1.807, 2.05) is 45.2 Å². The van der Waals surface area contributed by atoms with Crippen LogP contribution < -0.4 is 18.9 Å². The maximum atomic E-state index is 7.85. The third-order valence-corrected chi connectivity index (χ3v) is 15.3. The van der Waals surface area contributed by atoms with Crippen LogP contribution in [0.15, 0.2) is 91.0 Å². The fourth-order valence-electron chi connectivity index (χ4n) is 13.4. The monoisotopic (exact) mass is 788 g/mol. The molecule has 10 rings (SSSR count). The molecule has 59 heavy (non-hydrogen) atoms. The van der Waals surface area contributed by atoms with Crippen molar-refractivity contribution in [2.45, 2.75) is 115 Å². The second-order valence-electron chi connectivity index (χ2n) is 18.5. The zero-order valence-corrected chi connectivity index (χ0v) is 36.8. The third-order valence-electron chi connectivity index (χ3n) is 15.3. The molecule has 308 valence electrons. The summed E-state index contributed by atoms with van der Waals surface area (Å²) in [6, 6.07) is 31.2. The average molecular weight is 789 g/mol. The summed E-state index contributed by atoms with van der Waals surface area (Å²) < 4.78 is 25.7. The quantitative estimate of drug-likeness (QED) is 0.165. The van der Waals surface area contributed by atoms with Crippen LogP contribution in [0.1, 0.15) is 132 Å². The van der Waals surface area contributed by atoms with Gasteiger partial charge in [0, 0.05) is 33.1 Å². The van der Waals surface area contributed by atoms with Crippen LogP contribution in [0.25, 0.3) is 28.0 Å². The molecule has 5 aromatic carbocycles. The molecule has 0 saturated heterocycles. The largest absolute Gasteiger partial charge is 0.497 e. The highest BCUT2D eigenvalue weighted by molar-refractivity contribution is 6.09. The first-order valence-electron chi connectivity index (χ1n) is 22.8. The molecular weight excluding hydrogens is 725 g/mol. The smallest absolute Gasteiger partial charge is 0.178 e. The van der Waals surface area contributed by atoms with Gasteiger partial charge >= 0.3 is 0 Å². The van der Waals surface area contributed by atoms with Gasteiger partial charge in [0.1, 0.15) is 23.0 Å². The van der Waals surface area contributed by atoms with Crippen LogP contribution in [-0.2, 0) is 16.4 Å². The summed E-state index contributed by atoms with van der Waals surface area (Å²) in [5.74, 6) is 6.33. The van der Waals surface area contributed by atoms with Crippen molar-refractivity contribution in [3.05, 3.63) is 124 Å². The van der Waals surface area contributed by atoms with Crippen molar-refractivity contribution in [3.63, 3.8) is 0 Å². The molecule has 3 saturated carbocycles. The molecule has 0 aromatic heterocycles. The summed E-state index contributed by atoms with van der Waals surface area (Å²) in [4.78, 5) is 0. The second kappa shape index (κ2) is 15.4. The Hall–Kier alpha value is -4.70. The van der Waals surface area contributed by atoms with Crippen molar-refractivity contribution in [1.82, 2.24) is 0 Å². The van der Waals surface area contributed by atoms with Crippen LogP contribution in [0.4, 0.5) is 0 Å². The van der Waals surface area contributed by atoms with E-state index in [0.717, 1.165) is 58.3 Å². The lowest BCUT2D eigenvalue weighted by atomic mass is 9.54. The van der Waals surface area contributed by atoms with Crippen molar-refractivity contribution in [1.29, 1.82) is 0 Å². The first-order valence-corrected chi connectivity index (χ1v) is 22.8. The number of hydrogen-bond acceptors (Lipinski definition) is 4. The number of rotatable bonds is 7. The number of fused-ring (bicyclic) bond motifs is 12. The number of hydrogen-bond donors (Lipinski definition) is 0. The Morgan fingerprint density at radius 3 is 1.97 bits per heavy atom. The van der Waals surface area contributed by atoms with Gasteiger partial charge in [-0.25, -0.2) is 0 Å².